The van der Waals surface area contributed by atoms with Crippen LogP contribution in [0.1, 0.15) is 23.0 Å². The van der Waals surface area contributed by atoms with Gasteiger partial charge >= 0.3 is 5.97 Å². The van der Waals surface area contributed by atoms with Gasteiger partial charge in [0, 0.05) is 16.6 Å². The fraction of sp³-hybridized carbons (Fsp3) is 0.167. The Balaban J connectivity index is 1.61. The average Bonchev–Trinajstić information content (AvgIpc) is 3.35. The summed E-state index contributed by atoms with van der Waals surface area (Å²) in [7, 11) is -3.64. The summed E-state index contributed by atoms with van der Waals surface area (Å²) in [5, 5.41) is 6.37. The highest BCUT2D eigenvalue weighted by Gasteiger charge is 2.16. The number of hydrogen-bond donors (Lipinski definition) is 2. The second kappa shape index (κ2) is 9.16. The van der Waals surface area contributed by atoms with Crippen molar-refractivity contribution >= 4 is 55.4 Å². The Bertz CT molecular complexity index is 1090. The third kappa shape index (κ3) is 5.62. The summed E-state index contributed by atoms with van der Waals surface area (Å²) in [5.41, 5.74) is 1.20. The number of thiophene rings is 1. The highest BCUT2D eigenvalue weighted by Crippen LogP contribution is 2.21. The van der Waals surface area contributed by atoms with Crippen molar-refractivity contribution in [1.29, 1.82) is 0 Å². The van der Waals surface area contributed by atoms with Crippen LogP contribution in [0.25, 0.3) is 0 Å². The summed E-state index contributed by atoms with van der Waals surface area (Å²) in [5.74, 6) is -0.772. The van der Waals surface area contributed by atoms with Gasteiger partial charge in [0.05, 0.1) is 18.7 Å². The zero-order valence-corrected chi connectivity index (χ0v) is 17.7. The van der Waals surface area contributed by atoms with Crippen molar-refractivity contribution < 1.29 is 22.7 Å². The number of nitrogens with zero attached hydrogens (tertiary/aromatic N) is 1. The molecule has 2 heterocycles. The lowest BCUT2D eigenvalue weighted by molar-refractivity contribution is -0.142. The third-order valence-corrected chi connectivity index (χ3v) is 7.15. The summed E-state index contributed by atoms with van der Waals surface area (Å²) < 4.78 is 32.0. The molecular weight excluding hydrogens is 434 g/mol. The molecule has 11 heteroatoms. The van der Waals surface area contributed by atoms with Gasteiger partial charge in [-0.05, 0) is 42.6 Å². The van der Waals surface area contributed by atoms with Gasteiger partial charge < -0.3 is 4.74 Å². The van der Waals surface area contributed by atoms with Crippen molar-refractivity contribution in [2.75, 3.05) is 16.6 Å². The molecule has 2 aromatic heterocycles. The van der Waals surface area contributed by atoms with Gasteiger partial charge in [-0.3, -0.25) is 19.6 Å². The van der Waals surface area contributed by atoms with E-state index in [-0.39, 0.29) is 16.6 Å². The number of thiazole rings is 1. The van der Waals surface area contributed by atoms with Crippen molar-refractivity contribution in [1.82, 2.24) is 4.98 Å². The van der Waals surface area contributed by atoms with Gasteiger partial charge in [0.25, 0.3) is 15.9 Å². The van der Waals surface area contributed by atoms with Crippen LogP contribution in [0.5, 0.6) is 0 Å². The quantitative estimate of drug-likeness (QED) is 0.508. The van der Waals surface area contributed by atoms with E-state index in [4.69, 9.17) is 4.74 Å². The zero-order valence-electron chi connectivity index (χ0n) is 15.2. The normalized spacial score (nSPS) is 11.1. The van der Waals surface area contributed by atoms with E-state index >= 15 is 0 Å². The second-order valence-electron chi connectivity index (χ2n) is 5.69. The standard InChI is InChI=1S/C18H17N3O5S3/c1-2-26-15(22)10-14-11-28-18(19-14)20-17(23)12-5-7-13(8-6-12)21-29(24,25)16-4-3-9-27-16/h3-9,11,21H,2,10H2,1H3,(H,19,20,23). The Morgan fingerprint density at radius 2 is 1.90 bits per heavy atom. The highest BCUT2D eigenvalue weighted by atomic mass is 32.2. The van der Waals surface area contributed by atoms with Crippen LogP contribution in [0.3, 0.4) is 0 Å². The molecule has 1 aromatic carbocycles. The van der Waals surface area contributed by atoms with E-state index in [1.165, 1.54) is 41.7 Å². The topological polar surface area (TPSA) is 114 Å². The first kappa shape index (κ1) is 21.0. The Labute approximate surface area is 175 Å². The summed E-state index contributed by atoms with van der Waals surface area (Å²) in [4.78, 5) is 28.0. The first-order valence-electron chi connectivity index (χ1n) is 8.45. The molecule has 0 aliphatic carbocycles. The van der Waals surface area contributed by atoms with Crippen LogP contribution in [-0.2, 0) is 26.0 Å². The van der Waals surface area contributed by atoms with Crippen LogP contribution >= 0.6 is 22.7 Å². The van der Waals surface area contributed by atoms with Gasteiger partial charge in [0.2, 0.25) is 0 Å². The number of ether oxygens (including phenoxy) is 1. The van der Waals surface area contributed by atoms with Crippen molar-refractivity contribution in [2.24, 2.45) is 0 Å². The Morgan fingerprint density at radius 1 is 1.14 bits per heavy atom. The van der Waals surface area contributed by atoms with E-state index < -0.39 is 15.9 Å². The maximum Gasteiger partial charge on any atom is 0.311 e. The number of esters is 1. The molecule has 0 aliphatic heterocycles. The minimum absolute atomic E-state index is 0.0410. The van der Waals surface area contributed by atoms with E-state index in [0.29, 0.717) is 28.7 Å². The molecule has 0 bridgehead atoms. The van der Waals surface area contributed by atoms with Gasteiger partial charge in [-0.2, -0.15) is 0 Å². The summed E-state index contributed by atoms with van der Waals surface area (Å²) in [6.45, 7) is 2.02. The van der Waals surface area contributed by atoms with Crippen molar-refractivity contribution in [3.05, 3.63) is 58.4 Å². The Morgan fingerprint density at radius 3 is 2.55 bits per heavy atom. The van der Waals surface area contributed by atoms with Gasteiger partial charge in [-0.25, -0.2) is 13.4 Å². The molecule has 29 heavy (non-hydrogen) atoms. The maximum atomic E-state index is 12.4. The Kier molecular flexibility index (Phi) is 6.62. The third-order valence-electron chi connectivity index (χ3n) is 3.56. The van der Waals surface area contributed by atoms with E-state index in [0.717, 1.165) is 11.3 Å². The molecule has 0 saturated heterocycles. The van der Waals surface area contributed by atoms with Crippen molar-refractivity contribution in [3.63, 3.8) is 0 Å². The molecule has 0 saturated carbocycles. The Hall–Kier alpha value is -2.76. The summed E-state index contributed by atoms with van der Waals surface area (Å²) in [6.07, 6.45) is 0.0410. The predicted octanol–water partition coefficient (Wildman–Crippen LogP) is 3.36. The lowest BCUT2D eigenvalue weighted by Crippen LogP contribution is -2.13. The highest BCUT2D eigenvalue weighted by molar-refractivity contribution is 7.94. The molecule has 3 rings (SSSR count). The van der Waals surface area contributed by atoms with Gasteiger partial charge in [-0.15, -0.1) is 22.7 Å². The average molecular weight is 452 g/mol. The zero-order chi connectivity index (χ0) is 20.9. The molecular formula is C18H17N3O5S3. The predicted molar refractivity (Wildman–Crippen MR) is 112 cm³/mol. The number of sulfonamides is 1. The van der Waals surface area contributed by atoms with Crippen LogP contribution in [-0.4, -0.2) is 31.9 Å². The van der Waals surface area contributed by atoms with E-state index in [2.05, 4.69) is 15.0 Å². The van der Waals surface area contributed by atoms with Crippen LogP contribution in [0.2, 0.25) is 0 Å². The fourth-order valence-electron chi connectivity index (χ4n) is 2.29. The molecule has 0 spiro atoms. The minimum Gasteiger partial charge on any atom is -0.466 e. The molecule has 0 fully saturated rings. The molecule has 1 amide bonds. The van der Waals surface area contributed by atoms with Crippen LogP contribution in [0, 0.1) is 0 Å². The van der Waals surface area contributed by atoms with Crippen molar-refractivity contribution in [3.8, 4) is 0 Å². The lowest BCUT2D eigenvalue weighted by atomic mass is 10.2. The van der Waals surface area contributed by atoms with Crippen molar-refractivity contribution in [2.45, 2.75) is 17.6 Å². The molecule has 0 unspecified atom stereocenters. The van der Waals surface area contributed by atoms with E-state index in [1.807, 2.05) is 0 Å². The number of amides is 1. The minimum atomic E-state index is -3.64. The fourth-order valence-corrected chi connectivity index (χ4v) is 5.04. The largest absolute Gasteiger partial charge is 0.466 e. The summed E-state index contributed by atoms with van der Waals surface area (Å²) in [6, 6.07) is 9.20. The van der Waals surface area contributed by atoms with E-state index in [1.54, 1.807) is 23.8 Å². The molecule has 0 aliphatic rings. The molecule has 0 atom stereocenters. The van der Waals surface area contributed by atoms with Gasteiger partial charge in [-0.1, -0.05) is 6.07 Å². The number of rotatable bonds is 8. The molecule has 152 valence electrons. The maximum absolute atomic E-state index is 12.4. The van der Waals surface area contributed by atoms with Gasteiger partial charge in [0.15, 0.2) is 5.13 Å². The first-order valence-corrected chi connectivity index (χ1v) is 11.7. The smallest absolute Gasteiger partial charge is 0.311 e. The molecule has 2 N–H and O–H groups in total. The number of anilines is 2. The summed E-state index contributed by atoms with van der Waals surface area (Å²) >= 11 is 2.32. The number of aromatic nitrogens is 1. The first-order chi connectivity index (χ1) is 13.9. The molecule has 3 aromatic rings. The van der Waals surface area contributed by atoms with Crippen LogP contribution in [0.4, 0.5) is 10.8 Å². The van der Waals surface area contributed by atoms with Crippen LogP contribution < -0.4 is 10.0 Å². The number of hydrogen-bond acceptors (Lipinski definition) is 8. The van der Waals surface area contributed by atoms with E-state index in [9.17, 15) is 18.0 Å². The monoisotopic (exact) mass is 451 g/mol. The lowest BCUT2D eigenvalue weighted by Gasteiger charge is -2.07. The number of carbonyl (C=O) groups is 2. The number of benzene rings is 1. The van der Waals surface area contributed by atoms with Gasteiger partial charge in [0.1, 0.15) is 4.21 Å². The number of nitrogens with one attached hydrogen (secondary N) is 2. The second-order valence-corrected chi connectivity index (χ2v) is 9.41. The molecule has 8 nitrogen and oxygen atoms in total. The SMILES string of the molecule is CCOC(=O)Cc1csc(NC(=O)c2ccc(NS(=O)(=O)c3cccs3)cc2)n1. The van der Waals surface area contributed by atoms with Crippen LogP contribution in [0.15, 0.2) is 51.4 Å². The molecule has 0 radical (unpaired) electrons. The number of carbonyl (C=O) groups excluding carboxylic acids is 2.